The Balaban J connectivity index is 2.04. The first kappa shape index (κ1) is 13.4. The van der Waals surface area contributed by atoms with Crippen molar-refractivity contribution in [1.82, 2.24) is 5.32 Å². The van der Waals surface area contributed by atoms with Crippen molar-refractivity contribution < 1.29 is 14.3 Å². The topological polar surface area (TPSA) is 47.6 Å². The van der Waals surface area contributed by atoms with Gasteiger partial charge in [-0.25, -0.2) is 0 Å². The third kappa shape index (κ3) is 3.48. The Kier molecular flexibility index (Phi) is 4.41. The van der Waals surface area contributed by atoms with Crippen LogP contribution in [0.25, 0.3) is 0 Å². The molecule has 2 rings (SSSR count). The second-order valence-electron chi connectivity index (χ2n) is 3.88. The van der Waals surface area contributed by atoms with Gasteiger partial charge in [-0.15, -0.1) is 11.3 Å². The van der Waals surface area contributed by atoms with Crippen LogP contribution in [0.3, 0.4) is 0 Å². The largest absolute Gasteiger partial charge is 0.497 e. The van der Waals surface area contributed by atoms with E-state index in [0.29, 0.717) is 22.9 Å². The van der Waals surface area contributed by atoms with E-state index in [0.717, 1.165) is 5.56 Å². The summed E-state index contributed by atoms with van der Waals surface area (Å²) in [7, 11) is 3.20. The van der Waals surface area contributed by atoms with Crippen LogP contribution in [0.2, 0.25) is 0 Å². The van der Waals surface area contributed by atoms with Crippen molar-refractivity contribution in [3.63, 3.8) is 0 Å². The van der Waals surface area contributed by atoms with Gasteiger partial charge in [0.05, 0.1) is 19.1 Å². The number of hydrogen-bond donors (Lipinski definition) is 1. The highest BCUT2D eigenvalue weighted by Crippen LogP contribution is 2.22. The van der Waals surface area contributed by atoms with E-state index in [4.69, 9.17) is 9.47 Å². The second-order valence-corrected chi connectivity index (χ2v) is 4.83. The minimum Gasteiger partial charge on any atom is -0.497 e. The molecule has 2 aromatic rings. The fourth-order valence-corrected chi connectivity index (χ4v) is 2.29. The van der Waals surface area contributed by atoms with E-state index in [2.05, 4.69) is 5.32 Å². The summed E-state index contributed by atoms with van der Waals surface area (Å²) in [5.74, 6) is 1.34. The highest BCUT2D eigenvalue weighted by molar-refractivity contribution is 7.12. The average Bonchev–Trinajstić information content (AvgIpc) is 2.98. The van der Waals surface area contributed by atoms with E-state index < -0.39 is 0 Å². The molecule has 0 spiro atoms. The van der Waals surface area contributed by atoms with Gasteiger partial charge in [-0.1, -0.05) is 6.07 Å². The van der Waals surface area contributed by atoms with Crippen LogP contribution in [0.4, 0.5) is 0 Å². The monoisotopic (exact) mass is 277 g/mol. The molecule has 4 nitrogen and oxygen atoms in total. The maximum atomic E-state index is 11.8. The van der Waals surface area contributed by atoms with E-state index in [-0.39, 0.29) is 5.91 Å². The Morgan fingerprint density at radius 3 is 2.42 bits per heavy atom. The zero-order chi connectivity index (χ0) is 13.7. The predicted molar refractivity (Wildman–Crippen MR) is 75.0 cm³/mol. The van der Waals surface area contributed by atoms with Crippen LogP contribution in [-0.4, -0.2) is 20.1 Å². The molecule has 0 radical (unpaired) electrons. The number of amides is 1. The van der Waals surface area contributed by atoms with Crippen LogP contribution in [0, 0.1) is 0 Å². The molecule has 0 saturated heterocycles. The van der Waals surface area contributed by atoms with Gasteiger partial charge in [0, 0.05) is 12.6 Å². The lowest BCUT2D eigenvalue weighted by molar-refractivity contribution is 0.0955. The molecule has 0 aliphatic rings. The molecule has 0 saturated carbocycles. The van der Waals surface area contributed by atoms with Crippen molar-refractivity contribution in [2.75, 3.05) is 14.2 Å². The Labute approximate surface area is 116 Å². The van der Waals surface area contributed by atoms with Crippen LogP contribution in [0.15, 0.2) is 35.7 Å². The molecule has 19 heavy (non-hydrogen) atoms. The minimum absolute atomic E-state index is 0.0724. The van der Waals surface area contributed by atoms with Crippen molar-refractivity contribution >= 4 is 17.2 Å². The summed E-state index contributed by atoms with van der Waals surface area (Å²) in [4.78, 5) is 12.5. The van der Waals surface area contributed by atoms with E-state index >= 15 is 0 Å². The smallest absolute Gasteiger partial charge is 0.261 e. The molecular weight excluding hydrogens is 262 g/mol. The fourth-order valence-electron chi connectivity index (χ4n) is 1.65. The summed E-state index contributed by atoms with van der Waals surface area (Å²) in [6.45, 7) is 0.435. The van der Waals surface area contributed by atoms with E-state index in [1.165, 1.54) is 11.3 Å². The highest BCUT2D eigenvalue weighted by Gasteiger charge is 2.07. The minimum atomic E-state index is -0.0724. The molecule has 0 fully saturated rings. The standard InChI is InChI=1S/C14H15NO3S/c1-17-11-6-10(7-12(8-11)18-2)9-15-14(16)13-4-3-5-19-13/h3-8H,9H2,1-2H3,(H,15,16). The fraction of sp³-hybridized carbons (Fsp3) is 0.214. The lowest BCUT2D eigenvalue weighted by Crippen LogP contribution is -2.21. The zero-order valence-electron chi connectivity index (χ0n) is 10.8. The lowest BCUT2D eigenvalue weighted by Gasteiger charge is -2.09. The van der Waals surface area contributed by atoms with Crippen LogP contribution in [0.5, 0.6) is 11.5 Å². The van der Waals surface area contributed by atoms with Crippen molar-refractivity contribution in [2.24, 2.45) is 0 Å². The number of ether oxygens (including phenoxy) is 2. The van der Waals surface area contributed by atoms with Gasteiger partial charge in [0.2, 0.25) is 0 Å². The van der Waals surface area contributed by atoms with Gasteiger partial charge < -0.3 is 14.8 Å². The summed E-state index contributed by atoms with van der Waals surface area (Å²) in [6.07, 6.45) is 0. The molecule has 1 heterocycles. The van der Waals surface area contributed by atoms with Crippen LogP contribution >= 0.6 is 11.3 Å². The SMILES string of the molecule is COc1cc(CNC(=O)c2cccs2)cc(OC)c1. The number of thiophene rings is 1. The van der Waals surface area contributed by atoms with E-state index in [1.54, 1.807) is 26.4 Å². The first-order chi connectivity index (χ1) is 9.22. The van der Waals surface area contributed by atoms with Crippen molar-refractivity contribution in [3.8, 4) is 11.5 Å². The molecule has 0 bridgehead atoms. The predicted octanol–water partition coefficient (Wildman–Crippen LogP) is 2.70. The van der Waals surface area contributed by atoms with Gasteiger partial charge in [-0.3, -0.25) is 4.79 Å². The highest BCUT2D eigenvalue weighted by atomic mass is 32.1. The summed E-state index contributed by atoms with van der Waals surface area (Å²) in [5.41, 5.74) is 0.932. The van der Waals surface area contributed by atoms with Gasteiger partial charge in [0.1, 0.15) is 11.5 Å². The second kappa shape index (κ2) is 6.24. The Morgan fingerprint density at radius 1 is 1.21 bits per heavy atom. The Morgan fingerprint density at radius 2 is 1.89 bits per heavy atom. The van der Waals surface area contributed by atoms with Crippen molar-refractivity contribution in [3.05, 3.63) is 46.2 Å². The number of nitrogens with one attached hydrogen (secondary N) is 1. The normalized spacial score (nSPS) is 10.0. The van der Waals surface area contributed by atoms with Gasteiger partial charge in [-0.2, -0.15) is 0 Å². The first-order valence-corrected chi connectivity index (χ1v) is 6.64. The van der Waals surface area contributed by atoms with Gasteiger partial charge >= 0.3 is 0 Å². The number of hydrogen-bond acceptors (Lipinski definition) is 4. The molecule has 1 amide bonds. The molecule has 0 aliphatic carbocycles. The maximum Gasteiger partial charge on any atom is 0.261 e. The molecule has 0 aliphatic heterocycles. The van der Waals surface area contributed by atoms with Gasteiger partial charge in [-0.05, 0) is 29.1 Å². The molecule has 1 N–H and O–H groups in total. The van der Waals surface area contributed by atoms with Crippen LogP contribution in [-0.2, 0) is 6.54 Å². The van der Waals surface area contributed by atoms with Crippen molar-refractivity contribution in [1.29, 1.82) is 0 Å². The molecule has 100 valence electrons. The van der Waals surface area contributed by atoms with E-state index in [1.807, 2.05) is 23.6 Å². The molecule has 1 aromatic heterocycles. The summed E-state index contributed by atoms with van der Waals surface area (Å²) < 4.78 is 10.4. The average molecular weight is 277 g/mol. The lowest BCUT2D eigenvalue weighted by atomic mass is 10.2. The van der Waals surface area contributed by atoms with Gasteiger partial charge in [0.25, 0.3) is 5.91 Å². The third-order valence-electron chi connectivity index (χ3n) is 2.61. The molecular formula is C14H15NO3S. The third-order valence-corrected chi connectivity index (χ3v) is 3.48. The number of carbonyl (C=O) groups excluding carboxylic acids is 1. The Bertz CT molecular complexity index is 530. The van der Waals surface area contributed by atoms with Crippen molar-refractivity contribution in [2.45, 2.75) is 6.54 Å². The zero-order valence-corrected chi connectivity index (χ0v) is 11.6. The Hall–Kier alpha value is -2.01. The first-order valence-electron chi connectivity index (χ1n) is 5.76. The summed E-state index contributed by atoms with van der Waals surface area (Å²) in [5, 5.41) is 4.74. The number of methoxy groups -OCH3 is 2. The van der Waals surface area contributed by atoms with E-state index in [9.17, 15) is 4.79 Å². The summed E-state index contributed by atoms with van der Waals surface area (Å²) >= 11 is 1.42. The summed E-state index contributed by atoms with van der Waals surface area (Å²) in [6, 6.07) is 9.19. The quantitative estimate of drug-likeness (QED) is 0.914. The van der Waals surface area contributed by atoms with Gasteiger partial charge in [0.15, 0.2) is 0 Å². The van der Waals surface area contributed by atoms with Crippen LogP contribution in [0.1, 0.15) is 15.2 Å². The number of rotatable bonds is 5. The number of carbonyl (C=O) groups is 1. The van der Waals surface area contributed by atoms with Crippen LogP contribution < -0.4 is 14.8 Å². The molecule has 0 atom stereocenters. The molecule has 5 heteroatoms. The maximum absolute atomic E-state index is 11.8. The number of benzene rings is 1. The molecule has 1 aromatic carbocycles. The molecule has 0 unspecified atom stereocenters.